The van der Waals surface area contributed by atoms with E-state index < -0.39 is 0 Å². The zero-order valence-electron chi connectivity index (χ0n) is 40.8. The Balaban J connectivity index is 1.01. The molecule has 5 aromatic heterocycles. The van der Waals surface area contributed by atoms with Gasteiger partial charge in [0.15, 0.2) is 17.5 Å². The molecule has 16 aromatic rings. The van der Waals surface area contributed by atoms with Crippen molar-refractivity contribution in [3.8, 4) is 62.4 Å². The molecule has 0 aliphatic rings. The van der Waals surface area contributed by atoms with Crippen molar-refractivity contribution in [1.82, 2.24) is 28.7 Å². The number of fused-ring (bicyclic) bond motifs is 12. The molecule has 0 saturated heterocycles. The molecule has 11 aromatic carbocycles. The van der Waals surface area contributed by atoms with Gasteiger partial charge < -0.3 is 13.7 Å². The Morgan fingerprint density at radius 3 is 1.22 bits per heavy atom. The summed E-state index contributed by atoms with van der Waals surface area (Å²) in [5.74, 6) is 1.81. The summed E-state index contributed by atoms with van der Waals surface area (Å²) in [5.41, 5.74) is 14.9. The van der Waals surface area contributed by atoms with Gasteiger partial charge in [-0.1, -0.05) is 176 Å². The normalized spacial score (nSPS) is 11.9. The Morgan fingerprint density at radius 1 is 0.263 bits per heavy atom. The van der Waals surface area contributed by atoms with Gasteiger partial charge in [0.25, 0.3) is 0 Å². The molecule has 0 unspecified atom stereocenters. The number of rotatable bonds is 7. The van der Waals surface area contributed by atoms with Gasteiger partial charge in [0.1, 0.15) is 0 Å². The Hall–Kier alpha value is -9.95. The fourth-order valence-corrected chi connectivity index (χ4v) is 13.2. The zero-order valence-corrected chi connectivity index (χ0v) is 41.7. The van der Waals surface area contributed by atoms with E-state index in [4.69, 9.17) is 15.0 Å². The van der Waals surface area contributed by atoms with E-state index in [9.17, 15) is 0 Å². The van der Waals surface area contributed by atoms with Crippen LogP contribution in [-0.2, 0) is 0 Å². The van der Waals surface area contributed by atoms with Crippen LogP contribution in [0.15, 0.2) is 255 Å². The average Bonchev–Trinajstić information content (AvgIpc) is 4.31. The van der Waals surface area contributed by atoms with E-state index in [2.05, 4.69) is 232 Å². The Kier molecular flexibility index (Phi) is 9.40. The van der Waals surface area contributed by atoms with Crippen molar-refractivity contribution in [2.75, 3.05) is 0 Å². The van der Waals surface area contributed by atoms with E-state index in [1.165, 1.54) is 69.3 Å². The first-order valence-corrected chi connectivity index (χ1v) is 26.5. The third kappa shape index (κ3) is 6.49. The molecule has 7 heteroatoms. The van der Waals surface area contributed by atoms with Gasteiger partial charge in [0.2, 0.25) is 0 Å². The van der Waals surface area contributed by atoms with Gasteiger partial charge in [-0.2, -0.15) is 0 Å². The van der Waals surface area contributed by atoms with Crippen LogP contribution < -0.4 is 0 Å². The second-order valence-corrected chi connectivity index (χ2v) is 20.6. The van der Waals surface area contributed by atoms with Crippen LogP contribution in [0.1, 0.15) is 0 Å². The molecule has 0 radical (unpaired) electrons. The lowest BCUT2D eigenvalue weighted by molar-refractivity contribution is 1.06. The summed E-state index contributed by atoms with van der Waals surface area (Å²) in [6, 6.07) is 91.7. The number of benzene rings is 11. The number of aromatic nitrogens is 6. The minimum absolute atomic E-state index is 0.590. The van der Waals surface area contributed by atoms with Crippen molar-refractivity contribution in [1.29, 1.82) is 0 Å². The zero-order chi connectivity index (χ0) is 49.8. The van der Waals surface area contributed by atoms with Crippen molar-refractivity contribution in [3.63, 3.8) is 0 Å². The molecule has 0 spiro atoms. The fraction of sp³-hybridized carbons (Fsp3) is 0. The van der Waals surface area contributed by atoms with Crippen LogP contribution in [0.4, 0.5) is 0 Å². The van der Waals surface area contributed by atoms with E-state index >= 15 is 0 Å². The Bertz CT molecular complexity index is 4670. The van der Waals surface area contributed by atoms with Gasteiger partial charge in [0.05, 0.1) is 38.8 Å². The van der Waals surface area contributed by atoms with Crippen LogP contribution in [0.25, 0.3) is 148 Å². The highest BCUT2D eigenvalue weighted by atomic mass is 32.1. The molecule has 0 bridgehead atoms. The van der Waals surface area contributed by atoms with Crippen molar-refractivity contribution in [2.45, 2.75) is 0 Å². The largest absolute Gasteiger partial charge is 0.309 e. The highest BCUT2D eigenvalue weighted by Gasteiger charge is 2.24. The molecule has 16 rings (SSSR count). The molecule has 0 saturated carbocycles. The molecule has 0 aliphatic heterocycles. The lowest BCUT2D eigenvalue weighted by Gasteiger charge is -2.17. The summed E-state index contributed by atoms with van der Waals surface area (Å²) in [5, 5.41) is 9.70. The standard InChI is InChI=1S/C69H42N6S/c1-3-18-43(19-4-1)67-70-68(44-20-5-2-6-21-44)72-69(71-67)57-40-45(48-27-17-28-54-53-26-11-16-33-65(53)76-66(48)54)34-37-64(57)75-62-38-35-46(73-58-29-12-7-22-49(58)50-23-8-13-30-59(50)73)41-55(62)56-42-47(36-39-63(56)75)74-60-31-14-9-24-51(60)52-25-10-15-32-61(52)74/h1-42H. The lowest BCUT2D eigenvalue weighted by Crippen LogP contribution is -2.04. The predicted octanol–water partition coefficient (Wildman–Crippen LogP) is 18.2. The number of para-hydroxylation sites is 4. The van der Waals surface area contributed by atoms with Gasteiger partial charge in [0, 0.05) is 80.6 Å². The van der Waals surface area contributed by atoms with Crippen molar-refractivity contribution in [2.24, 2.45) is 0 Å². The van der Waals surface area contributed by atoms with Crippen LogP contribution in [0, 0.1) is 0 Å². The topological polar surface area (TPSA) is 53.5 Å². The molecule has 0 atom stereocenters. The summed E-state index contributed by atoms with van der Waals surface area (Å²) in [4.78, 5) is 16.0. The number of thiophene rings is 1. The van der Waals surface area contributed by atoms with Gasteiger partial charge in [-0.05, 0) is 90.0 Å². The van der Waals surface area contributed by atoms with E-state index in [-0.39, 0.29) is 0 Å². The quantitative estimate of drug-likeness (QED) is 0.160. The molecule has 0 amide bonds. The van der Waals surface area contributed by atoms with Gasteiger partial charge in [-0.25, -0.2) is 15.0 Å². The Morgan fingerprint density at radius 2 is 0.697 bits per heavy atom. The van der Waals surface area contributed by atoms with Crippen LogP contribution in [-0.4, -0.2) is 28.7 Å². The summed E-state index contributed by atoms with van der Waals surface area (Å²) in [6.07, 6.45) is 0. The SMILES string of the molecule is c1ccc(-c2nc(-c3ccccc3)nc(-c3cc(-c4cccc5c4sc4ccccc45)ccc3-n3c4ccc(-n5c6ccccc6c6ccccc65)cc4c4cc(-n5c6ccccc6c6ccccc65)ccc43)n2)cc1. The molecule has 0 fully saturated rings. The van der Waals surface area contributed by atoms with E-state index in [1.54, 1.807) is 0 Å². The molecule has 0 aliphatic carbocycles. The first-order valence-electron chi connectivity index (χ1n) is 25.7. The highest BCUT2D eigenvalue weighted by molar-refractivity contribution is 7.26. The number of hydrogen-bond donors (Lipinski definition) is 0. The van der Waals surface area contributed by atoms with Gasteiger partial charge >= 0.3 is 0 Å². The van der Waals surface area contributed by atoms with Crippen LogP contribution in [0.3, 0.4) is 0 Å². The fourth-order valence-electron chi connectivity index (χ4n) is 11.9. The summed E-state index contributed by atoms with van der Waals surface area (Å²) in [6.45, 7) is 0. The molecule has 0 N–H and O–H groups in total. The monoisotopic (exact) mass is 986 g/mol. The highest BCUT2D eigenvalue weighted by Crippen LogP contribution is 2.45. The van der Waals surface area contributed by atoms with Crippen LogP contribution >= 0.6 is 11.3 Å². The first-order chi connectivity index (χ1) is 37.7. The average molecular weight is 987 g/mol. The second kappa shape index (κ2) is 16.8. The molecule has 5 heterocycles. The molecule has 354 valence electrons. The molecular formula is C69H42N6S. The summed E-state index contributed by atoms with van der Waals surface area (Å²) < 4.78 is 9.79. The van der Waals surface area contributed by atoms with E-state index in [0.29, 0.717) is 17.5 Å². The number of nitrogens with zero attached hydrogens (tertiary/aromatic N) is 6. The third-order valence-corrected chi connectivity index (χ3v) is 16.5. The Labute approximate surface area is 440 Å². The smallest absolute Gasteiger partial charge is 0.166 e. The first kappa shape index (κ1) is 42.5. The summed E-state index contributed by atoms with van der Waals surface area (Å²) >= 11 is 1.84. The van der Waals surface area contributed by atoms with Gasteiger partial charge in [-0.3, -0.25) is 0 Å². The molecule has 76 heavy (non-hydrogen) atoms. The summed E-state index contributed by atoms with van der Waals surface area (Å²) in [7, 11) is 0. The van der Waals surface area contributed by atoms with E-state index in [1.807, 2.05) is 47.7 Å². The maximum Gasteiger partial charge on any atom is 0.166 e. The van der Waals surface area contributed by atoms with Crippen molar-refractivity contribution >= 4 is 96.9 Å². The van der Waals surface area contributed by atoms with Crippen molar-refractivity contribution in [3.05, 3.63) is 255 Å². The van der Waals surface area contributed by atoms with Gasteiger partial charge in [-0.15, -0.1) is 11.3 Å². The minimum atomic E-state index is 0.590. The van der Waals surface area contributed by atoms with Crippen LogP contribution in [0.2, 0.25) is 0 Å². The van der Waals surface area contributed by atoms with E-state index in [0.717, 1.165) is 61.1 Å². The van der Waals surface area contributed by atoms with Crippen molar-refractivity contribution < 1.29 is 0 Å². The maximum absolute atomic E-state index is 5.43. The molecule has 6 nitrogen and oxygen atoms in total. The minimum Gasteiger partial charge on any atom is -0.309 e. The van der Waals surface area contributed by atoms with Crippen LogP contribution in [0.5, 0.6) is 0 Å². The number of hydrogen-bond acceptors (Lipinski definition) is 4. The predicted molar refractivity (Wildman–Crippen MR) is 317 cm³/mol. The maximum atomic E-state index is 5.43. The third-order valence-electron chi connectivity index (χ3n) is 15.3. The lowest BCUT2D eigenvalue weighted by atomic mass is 9.99. The molecular weight excluding hydrogens is 945 g/mol. The second-order valence-electron chi connectivity index (χ2n) is 19.5.